The summed E-state index contributed by atoms with van der Waals surface area (Å²) in [5, 5.41) is 13.1. The lowest BCUT2D eigenvalue weighted by atomic mass is 9.97. The van der Waals surface area contributed by atoms with E-state index < -0.39 is 0 Å². The van der Waals surface area contributed by atoms with Crippen LogP contribution >= 0.6 is 0 Å². The summed E-state index contributed by atoms with van der Waals surface area (Å²) in [4.78, 5) is 4.99. The topological polar surface area (TPSA) is 42.3 Å². The Morgan fingerprint density at radius 2 is 2.10 bits per heavy atom. The van der Waals surface area contributed by atoms with E-state index in [0.29, 0.717) is 18.1 Å². The van der Waals surface area contributed by atoms with Crippen LogP contribution in [0.25, 0.3) is 0 Å². The standard InChI is InChI=1S/C16H30N4/c1-13(2)18-16(12-17)8-7-14(10-16)20(4)15-6-5-9-19(3)11-15/h13-15,18H,5-11H2,1-4H3. The van der Waals surface area contributed by atoms with Crippen molar-refractivity contribution in [2.75, 3.05) is 27.2 Å². The van der Waals surface area contributed by atoms with Gasteiger partial charge in [-0.25, -0.2) is 0 Å². The second-order valence-corrected chi connectivity index (χ2v) is 7.11. The molecule has 1 saturated carbocycles. The first kappa shape index (κ1) is 15.8. The van der Waals surface area contributed by atoms with E-state index in [-0.39, 0.29) is 5.54 Å². The number of nitrogens with one attached hydrogen (secondary N) is 1. The van der Waals surface area contributed by atoms with Gasteiger partial charge < -0.3 is 4.90 Å². The summed E-state index contributed by atoms with van der Waals surface area (Å²) in [5.74, 6) is 0. The maximum atomic E-state index is 9.58. The van der Waals surface area contributed by atoms with Gasteiger partial charge in [-0.3, -0.25) is 10.2 Å². The van der Waals surface area contributed by atoms with E-state index in [2.05, 4.69) is 49.1 Å². The van der Waals surface area contributed by atoms with Crippen molar-refractivity contribution < 1.29 is 0 Å². The van der Waals surface area contributed by atoms with E-state index in [1.54, 1.807) is 0 Å². The molecule has 1 aliphatic carbocycles. The fraction of sp³-hybridized carbons (Fsp3) is 0.938. The van der Waals surface area contributed by atoms with Gasteiger partial charge in [0.25, 0.3) is 0 Å². The third kappa shape index (κ3) is 3.52. The van der Waals surface area contributed by atoms with Crippen LogP contribution in [0, 0.1) is 11.3 Å². The molecule has 2 rings (SSSR count). The summed E-state index contributed by atoms with van der Waals surface area (Å²) in [6, 6.07) is 4.14. The van der Waals surface area contributed by atoms with Crippen molar-refractivity contribution in [1.29, 1.82) is 5.26 Å². The van der Waals surface area contributed by atoms with E-state index in [1.807, 2.05) is 0 Å². The number of hydrogen-bond donors (Lipinski definition) is 1. The van der Waals surface area contributed by atoms with Crippen molar-refractivity contribution in [1.82, 2.24) is 15.1 Å². The summed E-state index contributed by atoms with van der Waals surface area (Å²) < 4.78 is 0. The highest BCUT2D eigenvalue weighted by Gasteiger charge is 2.42. The maximum absolute atomic E-state index is 9.58. The van der Waals surface area contributed by atoms with Crippen LogP contribution in [-0.2, 0) is 0 Å². The minimum atomic E-state index is -0.298. The van der Waals surface area contributed by atoms with Gasteiger partial charge >= 0.3 is 0 Å². The zero-order chi connectivity index (χ0) is 14.8. The van der Waals surface area contributed by atoms with Gasteiger partial charge in [-0.05, 0) is 66.6 Å². The van der Waals surface area contributed by atoms with E-state index in [9.17, 15) is 5.26 Å². The molecular formula is C16H30N4. The lowest BCUT2D eigenvalue weighted by Crippen LogP contribution is -2.50. The first-order valence-corrected chi connectivity index (χ1v) is 8.05. The molecule has 2 aliphatic rings. The Kier molecular flexibility index (Phi) is 5.06. The number of nitriles is 1. The third-order valence-corrected chi connectivity index (χ3v) is 5.02. The molecule has 3 unspecified atom stereocenters. The minimum Gasteiger partial charge on any atom is -0.305 e. The van der Waals surface area contributed by atoms with Crippen LogP contribution in [0.15, 0.2) is 0 Å². The van der Waals surface area contributed by atoms with Gasteiger partial charge in [-0.15, -0.1) is 0 Å². The van der Waals surface area contributed by atoms with Crippen molar-refractivity contribution in [2.45, 2.75) is 69.6 Å². The van der Waals surface area contributed by atoms with Crippen molar-refractivity contribution in [3.63, 3.8) is 0 Å². The summed E-state index contributed by atoms with van der Waals surface area (Å²) in [7, 11) is 4.48. The zero-order valence-electron chi connectivity index (χ0n) is 13.5. The molecule has 3 atom stereocenters. The molecule has 0 aromatic rings. The van der Waals surface area contributed by atoms with Gasteiger partial charge in [-0.2, -0.15) is 5.26 Å². The summed E-state index contributed by atoms with van der Waals surface area (Å²) in [6.45, 7) is 6.66. The molecule has 1 heterocycles. The van der Waals surface area contributed by atoms with Crippen molar-refractivity contribution >= 4 is 0 Å². The number of piperidine rings is 1. The molecule has 4 nitrogen and oxygen atoms in total. The summed E-state index contributed by atoms with van der Waals surface area (Å²) >= 11 is 0. The fourth-order valence-electron chi connectivity index (χ4n) is 3.95. The van der Waals surface area contributed by atoms with Crippen LogP contribution in [-0.4, -0.2) is 60.6 Å². The van der Waals surface area contributed by atoms with Gasteiger partial charge in [0.2, 0.25) is 0 Å². The quantitative estimate of drug-likeness (QED) is 0.852. The van der Waals surface area contributed by atoms with Gasteiger partial charge in [-0.1, -0.05) is 0 Å². The molecule has 1 saturated heterocycles. The maximum Gasteiger partial charge on any atom is 0.108 e. The molecule has 0 amide bonds. The molecule has 0 bridgehead atoms. The molecule has 0 aromatic heterocycles. The highest BCUT2D eigenvalue weighted by molar-refractivity contribution is 5.14. The Bertz CT molecular complexity index is 362. The van der Waals surface area contributed by atoms with Crippen molar-refractivity contribution in [3.8, 4) is 6.07 Å². The minimum absolute atomic E-state index is 0.298. The van der Waals surface area contributed by atoms with Crippen LogP contribution in [0.3, 0.4) is 0 Å². The average Bonchev–Trinajstić information content (AvgIpc) is 2.82. The molecule has 1 aliphatic heterocycles. The average molecular weight is 278 g/mol. The third-order valence-electron chi connectivity index (χ3n) is 5.02. The van der Waals surface area contributed by atoms with Crippen LogP contribution in [0.2, 0.25) is 0 Å². The second kappa shape index (κ2) is 6.43. The molecule has 114 valence electrons. The molecule has 1 N–H and O–H groups in total. The largest absolute Gasteiger partial charge is 0.305 e. The van der Waals surface area contributed by atoms with Gasteiger partial charge in [0.1, 0.15) is 5.54 Å². The number of rotatable bonds is 4. The smallest absolute Gasteiger partial charge is 0.108 e. The van der Waals surface area contributed by atoms with E-state index in [1.165, 1.54) is 25.9 Å². The first-order chi connectivity index (χ1) is 9.46. The fourth-order valence-corrected chi connectivity index (χ4v) is 3.95. The molecule has 0 spiro atoms. The van der Waals surface area contributed by atoms with E-state index in [0.717, 1.165) is 19.3 Å². The predicted octanol–water partition coefficient (Wildman–Crippen LogP) is 1.83. The molecule has 2 fully saturated rings. The molecule has 0 radical (unpaired) electrons. The van der Waals surface area contributed by atoms with Gasteiger partial charge in [0, 0.05) is 24.7 Å². The van der Waals surface area contributed by atoms with Crippen LogP contribution in [0.4, 0.5) is 0 Å². The highest BCUT2D eigenvalue weighted by Crippen LogP contribution is 2.34. The van der Waals surface area contributed by atoms with Crippen LogP contribution < -0.4 is 5.32 Å². The van der Waals surface area contributed by atoms with E-state index in [4.69, 9.17) is 0 Å². The number of likely N-dealkylation sites (N-methyl/N-ethyl adjacent to an activating group) is 2. The molecule has 4 heteroatoms. The Labute approximate surface area is 124 Å². The van der Waals surface area contributed by atoms with Crippen molar-refractivity contribution in [2.24, 2.45) is 0 Å². The van der Waals surface area contributed by atoms with Gasteiger partial charge in [0.05, 0.1) is 6.07 Å². The van der Waals surface area contributed by atoms with Crippen LogP contribution in [0.5, 0.6) is 0 Å². The number of nitrogens with zero attached hydrogens (tertiary/aromatic N) is 3. The lowest BCUT2D eigenvalue weighted by Gasteiger charge is -2.39. The molecule has 0 aromatic carbocycles. The SMILES string of the molecule is CC(C)NC1(C#N)CCC(N(C)C2CCCN(C)C2)C1. The number of hydrogen-bond acceptors (Lipinski definition) is 4. The predicted molar refractivity (Wildman–Crippen MR) is 82.5 cm³/mol. The lowest BCUT2D eigenvalue weighted by molar-refractivity contribution is 0.0979. The zero-order valence-corrected chi connectivity index (χ0v) is 13.5. The summed E-state index contributed by atoms with van der Waals surface area (Å²) in [5.41, 5.74) is -0.298. The van der Waals surface area contributed by atoms with Crippen LogP contribution in [0.1, 0.15) is 46.0 Å². The van der Waals surface area contributed by atoms with E-state index >= 15 is 0 Å². The monoisotopic (exact) mass is 278 g/mol. The Hall–Kier alpha value is -0.630. The van der Waals surface area contributed by atoms with Crippen molar-refractivity contribution in [3.05, 3.63) is 0 Å². The number of likely N-dealkylation sites (tertiary alicyclic amines) is 1. The Morgan fingerprint density at radius 1 is 1.35 bits per heavy atom. The Morgan fingerprint density at radius 3 is 2.70 bits per heavy atom. The second-order valence-electron chi connectivity index (χ2n) is 7.11. The van der Waals surface area contributed by atoms with Gasteiger partial charge in [0.15, 0.2) is 0 Å². The normalized spacial score (nSPS) is 35.6. The Balaban J connectivity index is 1.96. The summed E-state index contributed by atoms with van der Waals surface area (Å²) in [6.07, 6.45) is 5.70. The molecular weight excluding hydrogens is 248 g/mol. The highest BCUT2D eigenvalue weighted by atomic mass is 15.2. The molecule has 20 heavy (non-hydrogen) atoms. The first-order valence-electron chi connectivity index (χ1n) is 8.05.